The molecule has 0 saturated carbocycles. The SMILES string of the molecule is CCOc1ccnc2c1c(=O)n(CC(=O)Nc1cc(Cl)ccc1OC)c(=O)n2C. The lowest BCUT2D eigenvalue weighted by molar-refractivity contribution is -0.116. The summed E-state index contributed by atoms with van der Waals surface area (Å²) in [7, 11) is 2.92. The first-order chi connectivity index (χ1) is 13.9. The molecule has 3 aromatic rings. The zero-order chi connectivity index (χ0) is 21.1. The van der Waals surface area contributed by atoms with Crippen LogP contribution in [0.15, 0.2) is 40.1 Å². The van der Waals surface area contributed by atoms with Crippen molar-refractivity contribution < 1.29 is 14.3 Å². The summed E-state index contributed by atoms with van der Waals surface area (Å²) in [6.07, 6.45) is 1.45. The molecule has 29 heavy (non-hydrogen) atoms. The third-order valence-electron chi connectivity index (χ3n) is 4.22. The molecule has 2 aromatic heterocycles. The van der Waals surface area contributed by atoms with E-state index in [1.54, 1.807) is 25.1 Å². The standard InChI is InChI=1S/C19H19ClN4O5/c1-4-29-14-7-8-21-17-16(14)18(26)24(19(27)23(17)2)10-15(25)22-12-9-11(20)5-6-13(12)28-3/h5-9H,4,10H2,1-3H3,(H,22,25). The topological polar surface area (TPSA) is 104 Å². The lowest BCUT2D eigenvalue weighted by Crippen LogP contribution is -2.42. The van der Waals surface area contributed by atoms with Crippen LogP contribution in [0, 0.1) is 0 Å². The van der Waals surface area contributed by atoms with Crippen LogP contribution in [0.2, 0.25) is 5.02 Å². The fraction of sp³-hybridized carbons (Fsp3) is 0.263. The number of aryl methyl sites for hydroxylation is 1. The van der Waals surface area contributed by atoms with E-state index in [1.807, 2.05) is 0 Å². The molecule has 0 aliphatic rings. The third-order valence-corrected chi connectivity index (χ3v) is 4.46. The molecule has 9 nitrogen and oxygen atoms in total. The van der Waals surface area contributed by atoms with E-state index in [0.717, 1.165) is 4.57 Å². The van der Waals surface area contributed by atoms with Crippen LogP contribution >= 0.6 is 11.6 Å². The van der Waals surface area contributed by atoms with Gasteiger partial charge in [-0.15, -0.1) is 0 Å². The Morgan fingerprint density at radius 1 is 1.24 bits per heavy atom. The summed E-state index contributed by atoms with van der Waals surface area (Å²) in [4.78, 5) is 42.3. The minimum atomic E-state index is -0.670. The van der Waals surface area contributed by atoms with Crippen molar-refractivity contribution in [3.63, 3.8) is 0 Å². The molecule has 0 aliphatic heterocycles. The van der Waals surface area contributed by atoms with Gasteiger partial charge in [-0.1, -0.05) is 11.6 Å². The molecule has 10 heteroatoms. The van der Waals surface area contributed by atoms with Crippen LogP contribution in [0.25, 0.3) is 11.0 Å². The van der Waals surface area contributed by atoms with Crippen LogP contribution in [0.3, 0.4) is 0 Å². The van der Waals surface area contributed by atoms with E-state index in [9.17, 15) is 14.4 Å². The summed E-state index contributed by atoms with van der Waals surface area (Å²) in [5.74, 6) is 0.0964. The summed E-state index contributed by atoms with van der Waals surface area (Å²) in [5, 5.41) is 3.13. The van der Waals surface area contributed by atoms with Crippen LogP contribution in [-0.4, -0.2) is 33.7 Å². The molecule has 3 rings (SSSR count). The summed E-state index contributed by atoms with van der Waals surface area (Å²) >= 11 is 5.96. The number of benzene rings is 1. The van der Waals surface area contributed by atoms with Crippen molar-refractivity contribution in [1.82, 2.24) is 14.1 Å². The van der Waals surface area contributed by atoms with E-state index in [1.165, 1.54) is 31.0 Å². The van der Waals surface area contributed by atoms with Crippen molar-refractivity contribution in [1.29, 1.82) is 0 Å². The summed E-state index contributed by atoms with van der Waals surface area (Å²) in [5.41, 5.74) is -0.823. The van der Waals surface area contributed by atoms with Gasteiger partial charge in [0, 0.05) is 18.3 Å². The van der Waals surface area contributed by atoms with Gasteiger partial charge < -0.3 is 14.8 Å². The zero-order valence-electron chi connectivity index (χ0n) is 16.1. The van der Waals surface area contributed by atoms with Crippen LogP contribution in [-0.2, 0) is 18.4 Å². The highest BCUT2D eigenvalue weighted by atomic mass is 35.5. The molecular formula is C19H19ClN4O5. The number of hydrogen-bond donors (Lipinski definition) is 1. The molecule has 0 saturated heterocycles. The average molecular weight is 419 g/mol. The fourth-order valence-corrected chi connectivity index (χ4v) is 3.08. The van der Waals surface area contributed by atoms with Gasteiger partial charge in [0.05, 0.1) is 19.4 Å². The van der Waals surface area contributed by atoms with Gasteiger partial charge in [0.25, 0.3) is 5.56 Å². The van der Waals surface area contributed by atoms with Crippen molar-refractivity contribution in [3.8, 4) is 11.5 Å². The van der Waals surface area contributed by atoms with Crippen molar-refractivity contribution in [3.05, 3.63) is 56.3 Å². The van der Waals surface area contributed by atoms with E-state index in [0.29, 0.717) is 28.8 Å². The van der Waals surface area contributed by atoms with Crippen LogP contribution in [0.5, 0.6) is 11.5 Å². The number of carbonyl (C=O) groups is 1. The second kappa shape index (κ2) is 8.36. The fourth-order valence-electron chi connectivity index (χ4n) is 2.91. The largest absolute Gasteiger partial charge is 0.495 e. The number of hydrogen-bond acceptors (Lipinski definition) is 6. The molecule has 0 atom stereocenters. The van der Waals surface area contributed by atoms with E-state index in [2.05, 4.69) is 10.3 Å². The Bertz CT molecular complexity index is 1200. The van der Waals surface area contributed by atoms with Crippen molar-refractivity contribution in [2.45, 2.75) is 13.5 Å². The normalized spacial score (nSPS) is 10.8. The molecule has 152 valence electrons. The van der Waals surface area contributed by atoms with Gasteiger partial charge in [-0.05, 0) is 31.2 Å². The lowest BCUT2D eigenvalue weighted by Gasteiger charge is -2.14. The van der Waals surface area contributed by atoms with Gasteiger partial charge in [-0.3, -0.25) is 14.2 Å². The molecule has 0 spiro atoms. The highest BCUT2D eigenvalue weighted by molar-refractivity contribution is 6.31. The minimum Gasteiger partial charge on any atom is -0.495 e. The maximum Gasteiger partial charge on any atom is 0.332 e. The van der Waals surface area contributed by atoms with Gasteiger partial charge in [0.15, 0.2) is 5.65 Å². The number of amides is 1. The van der Waals surface area contributed by atoms with Crippen molar-refractivity contribution in [2.24, 2.45) is 7.05 Å². The Kier molecular flexibility index (Phi) is 5.88. The predicted octanol–water partition coefficient (Wildman–Crippen LogP) is 1.79. The molecule has 0 aliphatic carbocycles. The van der Waals surface area contributed by atoms with Crippen LogP contribution < -0.4 is 26.0 Å². The van der Waals surface area contributed by atoms with E-state index < -0.39 is 23.7 Å². The number of pyridine rings is 1. The number of methoxy groups -OCH3 is 1. The number of nitrogens with zero attached hydrogens (tertiary/aromatic N) is 3. The number of carbonyl (C=O) groups excluding carboxylic acids is 1. The zero-order valence-corrected chi connectivity index (χ0v) is 16.8. The maximum absolute atomic E-state index is 13.0. The van der Waals surface area contributed by atoms with Gasteiger partial charge >= 0.3 is 5.69 Å². The summed E-state index contributed by atoms with van der Waals surface area (Å²) in [6, 6.07) is 6.26. The maximum atomic E-state index is 13.0. The van der Waals surface area contributed by atoms with Gasteiger partial charge in [-0.2, -0.15) is 0 Å². The van der Waals surface area contributed by atoms with Gasteiger partial charge in [-0.25, -0.2) is 14.3 Å². The first-order valence-electron chi connectivity index (χ1n) is 8.72. The quantitative estimate of drug-likeness (QED) is 0.654. The van der Waals surface area contributed by atoms with Crippen molar-refractivity contribution >= 4 is 34.2 Å². The molecule has 2 heterocycles. The first-order valence-corrected chi connectivity index (χ1v) is 9.09. The number of anilines is 1. The van der Waals surface area contributed by atoms with E-state index in [-0.39, 0.29) is 11.0 Å². The Balaban J connectivity index is 2.03. The van der Waals surface area contributed by atoms with Crippen LogP contribution in [0.1, 0.15) is 6.92 Å². The highest BCUT2D eigenvalue weighted by Gasteiger charge is 2.18. The second-order valence-electron chi connectivity index (χ2n) is 6.07. The Labute approximate surface area is 170 Å². The Morgan fingerprint density at radius 2 is 2.00 bits per heavy atom. The van der Waals surface area contributed by atoms with Crippen LogP contribution in [0.4, 0.5) is 5.69 Å². The van der Waals surface area contributed by atoms with E-state index in [4.69, 9.17) is 21.1 Å². The van der Waals surface area contributed by atoms with E-state index >= 15 is 0 Å². The minimum absolute atomic E-state index is 0.129. The monoisotopic (exact) mass is 418 g/mol. The Hall–Kier alpha value is -3.33. The number of aromatic nitrogens is 3. The Morgan fingerprint density at radius 3 is 2.69 bits per heavy atom. The molecule has 1 amide bonds. The molecule has 1 aromatic carbocycles. The second-order valence-corrected chi connectivity index (χ2v) is 6.50. The molecule has 0 unspecified atom stereocenters. The summed E-state index contributed by atoms with van der Waals surface area (Å²) in [6.45, 7) is 1.60. The molecule has 1 N–H and O–H groups in total. The number of ether oxygens (including phenoxy) is 2. The number of fused-ring (bicyclic) bond motifs is 1. The summed E-state index contributed by atoms with van der Waals surface area (Å²) < 4.78 is 12.7. The molecule has 0 fully saturated rings. The first kappa shape index (κ1) is 20.4. The molecule has 0 radical (unpaired) electrons. The molecule has 0 bridgehead atoms. The number of rotatable bonds is 6. The smallest absolute Gasteiger partial charge is 0.332 e. The third kappa shape index (κ3) is 3.95. The highest BCUT2D eigenvalue weighted by Crippen LogP contribution is 2.27. The van der Waals surface area contributed by atoms with Gasteiger partial charge in [0.2, 0.25) is 5.91 Å². The molecular weight excluding hydrogens is 400 g/mol. The van der Waals surface area contributed by atoms with Gasteiger partial charge in [0.1, 0.15) is 23.4 Å². The predicted molar refractivity (Wildman–Crippen MR) is 109 cm³/mol. The average Bonchev–Trinajstić information content (AvgIpc) is 2.70. The number of halogens is 1. The lowest BCUT2D eigenvalue weighted by atomic mass is 10.3. The van der Waals surface area contributed by atoms with Crippen molar-refractivity contribution in [2.75, 3.05) is 19.0 Å². The number of nitrogens with one attached hydrogen (secondary N) is 1.